The van der Waals surface area contributed by atoms with E-state index in [1.54, 1.807) is 10.9 Å². The molecule has 0 bridgehead atoms. The lowest BCUT2D eigenvalue weighted by atomic mass is 10.3. The van der Waals surface area contributed by atoms with Gasteiger partial charge in [0.25, 0.3) is 6.01 Å². The molecule has 1 amide bonds. The number of carbonyl (C=O) groups is 1. The van der Waals surface area contributed by atoms with E-state index in [2.05, 4.69) is 15.1 Å². The van der Waals surface area contributed by atoms with Crippen LogP contribution < -0.4 is 4.90 Å². The summed E-state index contributed by atoms with van der Waals surface area (Å²) in [5, 5.41) is 4.26. The molecule has 0 spiro atoms. The molecule has 3 aromatic heterocycles. The van der Waals surface area contributed by atoms with Crippen LogP contribution in [0.3, 0.4) is 0 Å². The van der Waals surface area contributed by atoms with Gasteiger partial charge >= 0.3 is 0 Å². The molecule has 0 radical (unpaired) electrons. The van der Waals surface area contributed by atoms with Crippen LogP contribution >= 0.6 is 0 Å². The van der Waals surface area contributed by atoms with E-state index in [1.165, 1.54) is 0 Å². The number of oxazole rings is 1. The molecular weight excluding hydrogens is 308 g/mol. The van der Waals surface area contributed by atoms with Gasteiger partial charge in [0.2, 0.25) is 11.6 Å². The summed E-state index contributed by atoms with van der Waals surface area (Å²) in [6.07, 6.45) is 3.52. The van der Waals surface area contributed by atoms with Gasteiger partial charge in [0.05, 0.1) is 5.69 Å². The van der Waals surface area contributed by atoms with Crippen molar-refractivity contribution < 1.29 is 9.21 Å². The fourth-order valence-electron chi connectivity index (χ4n) is 2.83. The Labute approximate surface area is 138 Å². The predicted molar refractivity (Wildman–Crippen MR) is 87.6 cm³/mol. The SMILES string of the molecule is Cc1ccn(CC(=O)N2CCN(c3nc4ncccc4o3)CC2)n1. The lowest BCUT2D eigenvalue weighted by Crippen LogP contribution is -2.49. The number of nitrogens with zero attached hydrogens (tertiary/aromatic N) is 6. The molecule has 1 aliphatic heterocycles. The molecule has 0 aromatic carbocycles. The number of rotatable bonds is 3. The first-order valence-electron chi connectivity index (χ1n) is 7.93. The van der Waals surface area contributed by atoms with E-state index in [9.17, 15) is 4.79 Å². The molecule has 1 fully saturated rings. The number of amides is 1. The van der Waals surface area contributed by atoms with Gasteiger partial charge in [-0.2, -0.15) is 10.1 Å². The lowest BCUT2D eigenvalue weighted by Gasteiger charge is -2.33. The molecule has 0 unspecified atom stereocenters. The van der Waals surface area contributed by atoms with E-state index >= 15 is 0 Å². The van der Waals surface area contributed by atoms with Gasteiger partial charge in [-0.05, 0) is 25.1 Å². The third-order valence-electron chi connectivity index (χ3n) is 4.13. The monoisotopic (exact) mass is 326 g/mol. The van der Waals surface area contributed by atoms with Crippen LogP contribution in [0.15, 0.2) is 35.0 Å². The summed E-state index contributed by atoms with van der Waals surface area (Å²) >= 11 is 0. The van der Waals surface area contributed by atoms with E-state index in [-0.39, 0.29) is 12.5 Å². The Balaban J connectivity index is 1.38. The first kappa shape index (κ1) is 14.7. The summed E-state index contributed by atoms with van der Waals surface area (Å²) in [6.45, 7) is 4.86. The van der Waals surface area contributed by atoms with E-state index in [0.717, 1.165) is 5.69 Å². The second kappa shape index (κ2) is 5.95. The average molecular weight is 326 g/mol. The number of anilines is 1. The summed E-state index contributed by atoms with van der Waals surface area (Å²) in [5.74, 6) is 0.0805. The van der Waals surface area contributed by atoms with Crippen molar-refractivity contribution in [3.05, 3.63) is 36.3 Å². The van der Waals surface area contributed by atoms with Crippen LogP contribution in [0, 0.1) is 6.92 Å². The second-order valence-corrected chi connectivity index (χ2v) is 5.84. The number of fused-ring (bicyclic) bond motifs is 1. The topological polar surface area (TPSA) is 80.3 Å². The number of pyridine rings is 1. The van der Waals surface area contributed by atoms with Crippen molar-refractivity contribution in [2.75, 3.05) is 31.1 Å². The zero-order valence-electron chi connectivity index (χ0n) is 13.4. The third-order valence-corrected chi connectivity index (χ3v) is 4.13. The van der Waals surface area contributed by atoms with Gasteiger partial charge in [-0.25, -0.2) is 4.98 Å². The van der Waals surface area contributed by atoms with Crippen LogP contribution in [0.25, 0.3) is 11.2 Å². The second-order valence-electron chi connectivity index (χ2n) is 5.84. The summed E-state index contributed by atoms with van der Waals surface area (Å²) in [5.41, 5.74) is 2.21. The number of aryl methyl sites for hydroxylation is 1. The van der Waals surface area contributed by atoms with E-state index in [0.29, 0.717) is 43.4 Å². The molecular formula is C16H18N6O2. The van der Waals surface area contributed by atoms with E-state index in [1.807, 2.05) is 41.1 Å². The quantitative estimate of drug-likeness (QED) is 0.716. The molecule has 0 atom stereocenters. The number of hydrogen-bond donors (Lipinski definition) is 0. The van der Waals surface area contributed by atoms with Crippen LogP contribution in [-0.2, 0) is 11.3 Å². The number of carbonyl (C=O) groups excluding carboxylic acids is 1. The van der Waals surface area contributed by atoms with Crippen molar-refractivity contribution in [1.82, 2.24) is 24.6 Å². The number of hydrogen-bond acceptors (Lipinski definition) is 6. The van der Waals surface area contributed by atoms with Crippen molar-refractivity contribution in [2.24, 2.45) is 0 Å². The summed E-state index contributed by atoms with van der Waals surface area (Å²) in [7, 11) is 0. The Morgan fingerprint density at radius 3 is 2.79 bits per heavy atom. The first-order valence-corrected chi connectivity index (χ1v) is 7.93. The molecule has 8 heteroatoms. The molecule has 1 aliphatic rings. The van der Waals surface area contributed by atoms with E-state index in [4.69, 9.17) is 4.42 Å². The lowest BCUT2D eigenvalue weighted by molar-refractivity contribution is -0.132. The van der Waals surface area contributed by atoms with Crippen molar-refractivity contribution in [3.63, 3.8) is 0 Å². The van der Waals surface area contributed by atoms with Crippen molar-refractivity contribution in [1.29, 1.82) is 0 Å². The zero-order valence-corrected chi connectivity index (χ0v) is 13.4. The Morgan fingerprint density at radius 1 is 1.25 bits per heavy atom. The van der Waals surface area contributed by atoms with Gasteiger partial charge in [0.1, 0.15) is 6.54 Å². The molecule has 8 nitrogen and oxygen atoms in total. The van der Waals surface area contributed by atoms with Gasteiger partial charge in [-0.1, -0.05) is 0 Å². The summed E-state index contributed by atoms with van der Waals surface area (Å²) in [4.78, 5) is 24.8. The van der Waals surface area contributed by atoms with Crippen LogP contribution in [-0.4, -0.2) is 56.7 Å². The normalized spacial score (nSPS) is 15.2. The molecule has 4 rings (SSSR count). The number of aromatic nitrogens is 4. The van der Waals surface area contributed by atoms with Gasteiger partial charge in [-0.3, -0.25) is 9.48 Å². The molecule has 124 valence electrons. The fourth-order valence-corrected chi connectivity index (χ4v) is 2.83. The maximum Gasteiger partial charge on any atom is 0.300 e. The minimum absolute atomic E-state index is 0.0805. The molecule has 0 saturated carbocycles. The highest BCUT2D eigenvalue weighted by Gasteiger charge is 2.24. The highest BCUT2D eigenvalue weighted by atomic mass is 16.4. The van der Waals surface area contributed by atoms with Crippen LogP contribution in [0.1, 0.15) is 5.69 Å². The largest absolute Gasteiger partial charge is 0.422 e. The highest BCUT2D eigenvalue weighted by molar-refractivity contribution is 5.76. The number of piperazine rings is 1. The minimum Gasteiger partial charge on any atom is -0.422 e. The maximum atomic E-state index is 12.4. The average Bonchev–Trinajstić information content (AvgIpc) is 3.21. The Hall–Kier alpha value is -2.90. The molecule has 0 N–H and O–H groups in total. The molecule has 3 aromatic rings. The summed E-state index contributed by atoms with van der Waals surface area (Å²) < 4.78 is 7.41. The van der Waals surface area contributed by atoms with Crippen LogP contribution in [0.2, 0.25) is 0 Å². The molecule has 4 heterocycles. The standard InChI is InChI=1S/C16H18N6O2/c1-12-4-6-22(19-12)11-14(23)20-7-9-21(10-8-20)16-18-15-13(24-16)3-2-5-17-15/h2-6H,7-11H2,1H3. The Morgan fingerprint density at radius 2 is 2.08 bits per heavy atom. The smallest absolute Gasteiger partial charge is 0.300 e. The zero-order chi connectivity index (χ0) is 16.5. The molecule has 0 aliphatic carbocycles. The maximum absolute atomic E-state index is 12.4. The Kier molecular flexibility index (Phi) is 3.64. The summed E-state index contributed by atoms with van der Waals surface area (Å²) in [6, 6.07) is 6.14. The predicted octanol–water partition coefficient (Wildman–Crippen LogP) is 1.08. The van der Waals surface area contributed by atoms with Gasteiger partial charge in [0.15, 0.2) is 5.58 Å². The van der Waals surface area contributed by atoms with Gasteiger partial charge in [0, 0.05) is 38.6 Å². The van der Waals surface area contributed by atoms with Crippen LogP contribution in [0.4, 0.5) is 6.01 Å². The van der Waals surface area contributed by atoms with Crippen molar-refractivity contribution in [2.45, 2.75) is 13.5 Å². The van der Waals surface area contributed by atoms with E-state index < -0.39 is 0 Å². The highest BCUT2D eigenvalue weighted by Crippen LogP contribution is 2.21. The van der Waals surface area contributed by atoms with Crippen molar-refractivity contribution >= 4 is 23.2 Å². The third kappa shape index (κ3) is 2.82. The van der Waals surface area contributed by atoms with Gasteiger partial charge < -0.3 is 14.2 Å². The molecule has 1 saturated heterocycles. The van der Waals surface area contributed by atoms with Crippen LogP contribution in [0.5, 0.6) is 0 Å². The van der Waals surface area contributed by atoms with Crippen molar-refractivity contribution in [3.8, 4) is 0 Å². The fraction of sp³-hybridized carbons (Fsp3) is 0.375. The van der Waals surface area contributed by atoms with Gasteiger partial charge in [-0.15, -0.1) is 0 Å². The molecule has 24 heavy (non-hydrogen) atoms. The first-order chi connectivity index (χ1) is 11.7. The minimum atomic E-state index is 0.0805. The Bertz CT molecular complexity index is 829.